The van der Waals surface area contributed by atoms with Crippen LogP contribution >= 0.6 is 0 Å². The van der Waals surface area contributed by atoms with E-state index in [4.69, 9.17) is 4.74 Å². The molecule has 3 aromatic rings. The summed E-state index contributed by atoms with van der Waals surface area (Å²) < 4.78 is 58.9. The average Bonchev–Trinajstić information content (AvgIpc) is 3.20. The summed E-state index contributed by atoms with van der Waals surface area (Å²) in [5.74, 6) is -0.682. The maximum atomic E-state index is 13.1. The molecule has 0 aliphatic carbocycles. The van der Waals surface area contributed by atoms with Gasteiger partial charge in [-0.25, -0.2) is 18.9 Å². The third kappa shape index (κ3) is 5.53. The van der Waals surface area contributed by atoms with Gasteiger partial charge in [0, 0.05) is 29.7 Å². The Hall–Kier alpha value is -3.56. The molecule has 0 aliphatic rings. The van der Waals surface area contributed by atoms with Crippen LogP contribution in [0.2, 0.25) is 0 Å². The second-order valence-corrected chi connectivity index (χ2v) is 6.84. The fourth-order valence-electron chi connectivity index (χ4n) is 2.71. The molecule has 2 heterocycles. The topological polar surface area (TPSA) is 69.9 Å². The fourth-order valence-corrected chi connectivity index (χ4v) is 2.71. The highest BCUT2D eigenvalue weighted by molar-refractivity contribution is 6.20. The number of hydrogen-bond acceptors (Lipinski definition) is 5. The molecule has 10 heteroatoms. The highest BCUT2D eigenvalue weighted by atomic mass is 19.4. The van der Waals surface area contributed by atoms with Gasteiger partial charge in [0.05, 0.1) is 17.2 Å². The van der Waals surface area contributed by atoms with Gasteiger partial charge in [-0.1, -0.05) is 6.07 Å². The molecule has 1 aromatic carbocycles. The average molecular weight is 434 g/mol. The Morgan fingerprint density at radius 2 is 2.03 bits per heavy atom. The summed E-state index contributed by atoms with van der Waals surface area (Å²) in [5.41, 5.74) is -0.549. The minimum absolute atomic E-state index is 0.00214. The Bertz CT molecular complexity index is 1090. The van der Waals surface area contributed by atoms with E-state index in [-0.39, 0.29) is 28.6 Å². The maximum absolute atomic E-state index is 13.1. The number of ether oxygens (including phenoxy) is 1. The van der Waals surface area contributed by atoms with Crippen molar-refractivity contribution in [1.29, 1.82) is 0 Å². The van der Waals surface area contributed by atoms with Gasteiger partial charge in [-0.05, 0) is 43.7 Å². The lowest BCUT2D eigenvalue weighted by molar-refractivity contribution is -0.140. The van der Waals surface area contributed by atoms with Crippen molar-refractivity contribution in [2.24, 2.45) is 0 Å². The Kier molecular flexibility index (Phi) is 6.47. The molecule has 0 radical (unpaired) electrons. The van der Waals surface area contributed by atoms with E-state index in [9.17, 15) is 22.4 Å². The molecule has 3 rings (SSSR count). The largest absolute Gasteiger partial charge is 0.459 e. The van der Waals surface area contributed by atoms with Crippen LogP contribution < -0.4 is 0 Å². The number of nitrogens with zero attached hydrogens (tertiary/aromatic N) is 4. The molecule has 0 amide bonds. The van der Waals surface area contributed by atoms with Gasteiger partial charge >= 0.3 is 12.1 Å². The fraction of sp³-hybridized carbons (Fsp3) is 0.238. The summed E-state index contributed by atoms with van der Waals surface area (Å²) in [7, 11) is 0. The van der Waals surface area contributed by atoms with E-state index in [0.717, 1.165) is 12.1 Å². The second kappa shape index (κ2) is 9.07. The molecule has 162 valence electrons. The van der Waals surface area contributed by atoms with Crippen LogP contribution in [0, 0.1) is 0 Å². The first-order valence-electron chi connectivity index (χ1n) is 9.19. The van der Waals surface area contributed by atoms with Gasteiger partial charge in [0.25, 0.3) is 0 Å². The Morgan fingerprint density at radius 3 is 2.65 bits per heavy atom. The number of benzene rings is 1. The van der Waals surface area contributed by atoms with Crippen molar-refractivity contribution >= 4 is 17.7 Å². The molecule has 0 N–H and O–H groups in total. The number of carbonyl (C=O) groups excluding carboxylic acids is 1. The van der Waals surface area contributed by atoms with Crippen molar-refractivity contribution in [2.75, 3.05) is 0 Å². The number of rotatable bonds is 6. The molecule has 0 fully saturated rings. The van der Waals surface area contributed by atoms with Crippen molar-refractivity contribution < 1.29 is 27.1 Å². The van der Waals surface area contributed by atoms with Gasteiger partial charge in [-0.15, -0.1) is 5.10 Å². The van der Waals surface area contributed by atoms with Gasteiger partial charge in [0.1, 0.15) is 13.0 Å². The first-order chi connectivity index (χ1) is 14.7. The van der Waals surface area contributed by atoms with Crippen LogP contribution in [0.3, 0.4) is 0 Å². The smallest absolute Gasteiger partial charge is 0.416 e. The number of aromatic nitrogens is 4. The van der Waals surface area contributed by atoms with Crippen LogP contribution in [0.1, 0.15) is 30.5 Å². The standard InChI is InChI=1S/C21H18F4N4O2/c1-13(2)31-20(30)18(15-4-3-5-26-10-15)11-29-12-27-19(28-29)16-6-14(9-22)7-17(8-16)21(23,24)25/h3-8,10-13H,9H2,1-2H3/b18-11-. The lowest BCUT2D eigenvalue weighted by Gasteiger charge is -2.11. The number of halogens is 4. The predicted octanol–water partition coefficient (Wildman–Crippen LogP) is 4.78. The van der Waals surface area contributed by atoms with Crippen molar-refractivity contribution in [3.63, 3.8) is 0 Å². The summed E-state index contributed by atoms with van der Waals surface area (Å²) in [6.07, 6.45) is 0.551. The molecule has 0 spiro atoms. The van der Waals surface area contributed by atoms with E-state index in [1.807, 2.05) is 0 Å². The van der Waals surface area contributed by atoms with Crippen LogP contribution in [0.5, 0.6) is 0 Å². The van der Waals surface area contributed by atoms with Crippen LogP contribution in [0.15, 0.2) is 49.1 Å². The van der Waals surface area contributed by atoms with Crippen molar-refractivity contribution in [3.8, 4) is 11.4 Å². The Labute approximate surface area is 175 Å². The van der Waals surface area contributed by atoms with Crippen molar-refractivity contribution in [3.05, 3.63) is 65.7 Å². The van der Waals surface area contributed by atoms with E-state index >= 15 is 0 Å². The summed E-state index contributed by atoms with van der Waals surface area (Å²) >= 11 is 0. The van der Waals surface area contributed by atoms with E-state index in [2.05, 4.69) is 15.1 Å². The van der Waals surface area contributed by atoms with E-state index < -0.39 is 24.4 Å². The minimum atomic E-state index is -4.64. The summed E-state index contributed by atoms with van der Waals surface area (Å²) in [6, 6.07) is 6.12. The summed E-state index contributed by atoms with van der Waals surface area (Å²) in [5, 5.41) is 4.12. The monoisotopic (exact) mass is 434 g/mol. The molecular formula is C21H18F4N4O2. The van der Waals surface area contributed by atoms with E-state index in [1.54, 1.807) is 32.2 Å². The molecule has 31 heavy (non-hydrogen) atoms. The summed E-state index contributed by atoms with van der Waals surface area (Å²) in [4.78, 5) is 20.5. The zero-order valence-corrected chi connectivity index (χ0v) is 16.6. The predicted molar refractivity (Wildman–Crippen MR) is 105 cm³/mol. The second-order valence-electron chi connectivity index (χ2n) is 6.84. The molecule has 0 saturated heterocycles. The highest BCUT2D eigenvalue weighted by Crippen LogP contribution is 2.33. The lowest BCUT2D eigenvalue weighted by Crippen LogP contribution is -2.13. The molecular weight excluding hydrogens is 416 g/mol. The zero-order chi connectivity index (χ0) is 22.6. The number of alkyl halides is 4. The molecule has 0 unspecified atom stereocenters. The molecule has 0 bridgehead atoms. The highest BCUT2D eigenvalue weighted by Gasteiger charge is 2.31. The van der Waals surface area contributed by atoms with Gasteiger partial charge < -0.3 is 4.74 Å². The Balaban J connectivity index is 2.02. The van der Waals surface area contributed by atoms with E-state index in [1.165, 1.54) is 29.5 Å². The number of carbonyl (C=O) groups is 1. The van der Waals surface area contributed by atoms with Gasteiger partial charge in [-0.3, -0.25) is 4.98 Å². The quantitative estimate of drug-likeness (QED) is 0.317. The molecule has 0 saturated carbocycles. The van der Waals surface area contributed by atoms with Crippen molar-refractivity contribution in [2.45, 2.75) is 32.8 Å². The molecule has 0 atom stereocenters. The zero-order valence-electron chi connectivity index (χ0n) is 16.6. The normalized spacial score (nSPS) is 12.3. The maximum Gasteiger partial charge on any atom is 0.416 e. The lowest BCUT2D eigenvalue weighted by atomic mass is 10.1. The van der Waals surface area contributed by atoms with Gasteiger partial charge in [0.2, 0.25) is 0 Å². The molecule has 2 aromatic heterocycles. The SMILES string of the molecule is CC(C)OC(=O)/C(=C\n1cnc(-c2cc(CF)cc(C(F)(F)F)c2)n1)c1cccnc1. The van der Waals surface area contributed by atoms with Gasteiger partial charge in [-0.2, -0.15) is 13.2 Å². The number of hydrogen-bond donors (Lipinski definition) is 0. The van der Waals surface area contributed by atoms with Crippen LogP contribution in [-0.4, -0.2) is 31.8 Å². The first-order valence-corrected chi connectivity index (χ1v) is 9.19. The van der Waals surface area contributed by atoms with Crippen LogP contribution in [0.4, 0.5) is 17.6 Å². The first kappa shape index (κ1) is 22.1. The van der Waals surface area contributed by atoms with Crippen LogP contribution in [-0.2, 0) is 22.4 Å². The van der Waals surface area contributed by atoms with Crippen LogP contribution in [0.25, 0.3) is 23.2 Å². The summed E-state index contributed by atoms with van der Waals surface area (Å²) in [6.45, 7) is 2.33. The number of pyridine rings is 1. The van der Waals surface area contributed by atoms with Crippen molar-refractivity contribution in [1.82, 2.24) is 19.7 Å². The third-order valence-electron chi connectivity index (χ3n) is 4.04. The number of esters is 1. The molecule has 6 nitrogen and oxygen atoms in total. The third-order valence-corrected chi connectivity index (χ3v) is 4.04. The van der Waals surface area contributed by atoms with Gasteiger partial charge in [0.15, 0.2) is 5.82 Å². The minimum Gasteiger partial charge on any atom is -0.459 e. The van der Waals surface area contributed by atoms with E-state index in [0.29, 0.717) is 5.56 Å². The molecule has 0 aliphatic heterocycles. The Morgan fingerprint density at radius 1 is 1.26 bits per heavy atom.